The van der Waals surface area contributed by atoms with Gasteiger partial charge in [0.05, 0.1) is 6.04 Å². The predicted molar refractivity (Wildman–Crippen MR) is 86.5 cm³/mol. The fourth-order valence-corrected chi connectivity index (χ4v) is 2.75. The van der Waals surface area contributed by atoms with Gasteiger partial charge in [-0.25, -0.2) is 0 Å². The van der Waals surface area contributed by atoms with E-state index in [0.29, 0.717) is 0 Å². The highest BCUT2D eigenvalue weighted by atomic mass is 16.2. The summed E-state index contributed by atoms with van der Waals surface area (Å²) in [4.78, 5) is 14.6. The van der Waals surface area contributed by atoms with Crippen molar-refractivity contribution in [2.45, 2.75) is 13.0 Å². The van der Waals surface area contributed by atoms with Crippen molar-refractivity contribution in [3.05, 3.63) is 42.5 Å². The molecule has 21 heavy (non-hydrogen) atoms. The summed E-state index contributed by atoms with van der Waals surface area (Å²) in [5.41, 5.74) is 0.862. The van der Waals surface area contributed by atoms with Crippen molar-refractivity contribution in [3.63, 3.8) is 0 Å². The first-order valence-corrected chi connectivity index (χ1v) is 7.48. The molecular formula is C17H21N3O. The van der Waals surface area contributed by atoms with Crippen LogP contribution in [0.15, 0.2) is 42.5 Å². The van der Waals surface area contributed by atoms with Crippen LogP contribution in [0.25, 0.3) is 10.8 Å². The summed E-state index contributed by atoms with van der Waals surface area (Å²) in [5, 5.41) is 8.66. The van der Waals surface area contributed by atoms with Crippen LogP contribution in [0.3, 0.4) is 0 Å². The number of amides is 1. The molecule has 0 saturated carbocycles. The average molecular weight is 283 g/mol. The maximum atomic E-state index is 12.4. The van der Waals surface area contributed by atoms with Gasteiger partial charge in [0.25, 0.3) is 0 Å². The lowest BCUT2D eigenvalue weighted by Gasteiger charge is -2.31. The number of carbonyl (C=O) groups is 1. The molecule has 1 saturated heterocycles. The van der Waals surface area contributed by atoms with Crippen LogP contribution < -0.4 is 10.6 Å². The molecule has 1 atom stereocenters. The Morgan fingerprint density at radius 1 is 1.14 bits per heavy atom. The van der Waals surface area contributed by atoms with Crippen LogP contribution in [-0.2, 0) is 4.79 Å². The van der Waals surface area contributed by atoms with Crippen molar-refractivity contribution in [2.75, 3.05) is 31.5 Å². The minimum absolute atomic E-state index is 0.0622. The molecule has 1 amide bonds. The minimum Gasteiger partial charge on any atom is -0.325 e. The first-order chi connectivity index (χ1) is 10.2. The van der Waals surface area contributed by atoms with Crippen molar-refractivity contribution < 1.29 is 4.79 Å². The van der Waals surface area contributed by atoms with E-state index in [0.717, 1.165) is 37.3 Å². The molecule has 3 rings (SSSR count). The number of piperazine rings is 1. The summed E-state index contributed by atoms with van der Waals surface area (Å²) in [6.45, 7) is 5.72. The van der Waals surface area contributed by atoms with E-state index in [1.165, 1.54) is 5.39 Å². The summed E-state index contributed by atoms with van der Waals surface area (Å²) < 4.78 is 0. The molecule has 110 valence electrons. The Bertz CT molecular complexity index is 635. The van der Waals surface area contributed by atoms with Gasteiger partial charge in [-0.1, -0.05) is 30.3 Å². The first kappa shape index (κ1) is 14.0. The SMILES string of the molecule is CC(C(=O)Nc1ccc2ccccc2c1)N1CCNCC1. The van der Waals surface area contributed by atoms with Crippen molar-refractivity contribution in [2.24, 2.45) is 0 Å². The summed E-state index contributed by atoms with van der Waals surface area (Å²) >= 11 is 0. The summed E-state index contributed by atoms with van der Waals surface area (Å²) in [6.07, 6.45) is 0. The second kappa shape index (κ2) is 6.24. The molecule has 2 aromatic carbocycles. The van der Waals surface area contributed by atoms with Crippen molar-refractivity contribution >= 4 is 22.4 Å². The maximum Gasteiger partial charge on any atom is 0.241 e. The number of rotatable bonds is 3. The van der Waals surface area contributed by atoms with E-state index in [2.05, 4.69) is 27.7 Å². The van der Waals surface area contributed by atoms with Crippen molar-refractivity contribution in [1.82, 2.24) is 10.2 Å². The Labute approximate surface area is 125 Å². The monoisotopic (exact) mass is 283 g/mol. The van der Waals surface area contributed by atoms with Crippen LogP contribution in [0.4, 0.5) is 5.69 Å². The van der Waals surface area contributed by atoms with Crippen LogP contribution in [0.1, 0.15) is 6.92 Å². The Morgan fingerprint density at radius 2 is 1.86 bits per heavy atom. The van der Waals surface area contributed by atoms with Gasteiger partial charge in [0.1, 0.15) is 0 Å². The quantitative estimate of drug-likeness (QED) is 0.906. The van der Waals surface area contributed by atoms with Crippen molar-refractivity contribution in [3.8, 4) is 0 Å². The fourth-order valence-electron chi connectivity index (χ4n) is 2.75. The maximum absolute atomic E-state index is 12.4. The van der Waals surface area contributed by atoms with Crippen LogP contribution >= 0.6 is 0 Å². The topological polar surface area (TPSA) is 44.4 Å². The van der Waals surface area contributed by atoms with Gasteiger partial charge < -0.3 is 10.6 Å². The van der Waals surface area contributed by atoms with Gasteiger partial charge in [0.2, 0.25) is 5.91 Å². The number of fused-ring (bicyclic) bond motifs is 1. The van der Waals surface area contributed by atoms with E-state index in [4.69, 9.17) is 0 Å². The number of anilines is 1. The molecule has 0 radical (unpaired) electrons. The molecule has 0 spiro atoms. The molecule has 0 bridgehead atoms. The molecule has 0 aromatic heterocycles. The Morgan fingerprint density at radius 3 is 2.62 bits per heavy atom. The van der Waals surface area contributed by atoms with E-state index < -0.39 is 0 Å². The van der Waals surface area contributed by atoms with Gasteiger partial charge in [0, 0.05) is 31.9 Å². The Hall–Kier alpha value is -1.91. The summed E-state index contributed by atoms with van der Waals surface area (Å²) in [5.74, 6) is 0.0622. The molecule has 2 aromatic rings. The van der Waals surface area contributed by atoms with E-state index in [1.807, 2.05) is 37.3 Å². The van der Waals surface area contributed by atoms with E-state index in [1.54, 1.807) is 0 Å². The molecule has 1 aliphatic rings. The van der Waals surface area contributed by atoms with E-state index in [-0.39, 0.29) is 11.9 Å². The molecule has 0 aliphatic carbocycles. The highest BCUT2D eigenvalue weighted by Gasteiger charge is 2.22. The van der Waals surface area contributed by atoms with Crippen molar-refractivity contribution in [1.29, 1.82) is 0 Å². The third kappa shape index (κ3) is 3.23. The molecule has 4 nitrogen and oxygen atoms in total. The lowest BCUT2D eigenvalue weighted by molar-refractivity contribution is -0.120. The standard InChI is InChI=1S/C17H21N3O/c1-13(20-10-8-18-9-11-20)17(21)19-16-7-6-14-4-2-3-5-15(14)12-16/h2-7,12-13,18H,8-11H2,1H3,(H,19,21). The second-order valence-electron chi connectivity index (χ2n) is 5.51. The Balaban J connectivity index is 1.70. The smallest absolute Gasteiger partial charge is 0.241 e. The lowest BCUT2D eigenvalue weighted by Crippen LogP contribution is -2.51. The van der Waals surface area contributed by atoms with Crippen LogP contribution in [-0.4, -0.2) is 43.0 Å². The predicted octanol–water partition coefficient (Wildman–Crippen LogP) is 2.07. The number of hydrogen-bond donors (Lipinski definition) is 2. The summed E-state index contributed by atoms with van der Waals surface area (Å²) in [6, 6.07) is 14.1. The first-order valence-electron chi connectivity index (χ1n) is 7.48. The van der Waals surface area contributed by atoms with Crippen LogP contribution in [0.5, 0.6) is 0 Å². The van der Waals surface area contributed by atoms with Crippen LogP contribution in [0.2, 0.25) is 0 Å². The highest BCUT2D eigenvalue weighted by molar-refractivity contribution is 5.97. The third-order valence-corrected chi connectivity index (χ3v) is 4.10. The van der Waals surface area contributed by atoms with E-state index in [9.17, 15) is 4.79 Å². The van der Waals surface area contributed by atoms with Gasteiger partial charge in [-0.05, 0) is 29.8 Å². The van der Waals surface area contributed by atoms with Gasteiger partial charge >= 0.3 is 0 Å². The number of nitrogens with zero attached hydrogens (tertiary/aromatic N) is 1. The fraction of sp³-hybridized carbons (Fsp3) is 0.353. The average Bonchev–Trinajstić information content (AvgIpc) is 2.55. The van der Waals surface area contributed by atoms with E-state index >= 15 is 0 Å². The zero-order valence-corrected chi connectivity index (χ0v) is 12.3. The molecule has 1 fully saturated rings. The molecule has 1 aliphatic heterocycles. The summed E-state index contributed by atoms with van der Waals surface area (Å²) in [7, 11) is 0. The number of carbonyl (C=O) groups excluding carboxylic acids is 1. The molecule has 4 heteroatoms. The third-order valence-electron chi connectivity index (χ3n) is 4.10. The largest absolute Gasteiger partial charge is 0.325 e. The number of hydrogen-bond acceptors (Lipinski definition) is 3. The number of benzene rings is 2. The van der Waals surface area contributed by atoms with Crippen LogP contribution in [0, 0.1) is 0 Å². The zero-order valence-electron chi connectivity index (χ0n) is 12.3. The zero-order chi connectivity index (χ0) is 14.7. The van der Waals surface area contributed by atoms with Gasteiger partial charge in [-0.3, -0.25) is 9.69 Å². The second-order valence-corrected chi connectivity index (χ2v) is 5.51. The van der Waals surface area contributed by atoms with Gasteiger partial charge in [-0.2, -0.15) is 0 Å². The Kier molecular flexibility index (Phi) is 4.18. The highest BCUT2D eigenvalue weighted by Crippen LogP contribution is 2.19. The molecule has 1 heterocycles. The minimum atomic E-state index is -0.0985. The molecule has 1 unspecified atom stereocenters. The normalized spacial score (nSPS) is 17.6. The molecule has 2 N–H and O–H groups in total. The van der Waals surface area contributed by atoms with Gasteiger partial charge in [0.15, 0.2) is 0 Å². The molecular weight excluding hydrogens is 262 g/mol. The van der Waals surface area contributed by atoms with Gasteiger partial charge in [-0.15, -0.1) is 0 Å². The number of nitrogens with one attached hydrogen (secondary N) is 2. The lowest BCUT2D eigenvalue weighted by atomic mass is 10.1.